The van der Waals surface area contributed by atoms with Crippen molar-refractivity contribution < 1.29 is 14.6 Å². The summed E-state index contributed by atoms with van der Waals surface area (Å²) in [5, 5.41) is 21.3. The Hall–Kier alpha value is -2.02. The maximum Gasteiger partial charge on any atom is 0.332 e. The van der Waals surface area contributed by atoms with Crippen LogP contribution in [0.25, 0.3) is 5.65 Å². The standard InChI is InChI=1S/C11H12N4O3/c1-6-2-5-9-12-13-10(15(9)14-6)7-3-4-8(18-7)11(16)17/h2,5,7-8H,3-4H2,1H3,(H,16,17). The summed E-state index contributed by atoms with van der Waals surface area (Å²) in [7, 11) is 0. The van der Waals surface area contributed by atoms with Crippen LogP contribution in [-0.4, -0.2) is 37.0 Å². The highest BCUT2D eigenvalue weighted by Gasteiger charge is 2.34. The van der Waals surface area contributed by atoms with Crippen molar-refractivity contribution in [2.45, 2.75) is 32.0 Å². The van der Waals surface area contributed by atoms with E-state index in [2.05, 4.69) is 15.3 Å². The third kappa shape index (κ3) is 1.72. The highest BCUT2D eigenvalue weighted by atomic mass is 16.5. The van der Waals surface area contributed by atoms with Crippen LogP contribution in [0.5, 0.6) is 0 Å². The maximum atomic E-state index is 10.9. The lowest BCUT2D eigenvalue weighted by atomic mass is 10.2. The SMILES string of the molecule is Cc1ccc2nnc(C3CCC(C(=O)O)O3)n2n1. The number of aromatic nitrogens is 4. The molecule has 0 aliphatic carbocycles. The monoisotopic (exact) mass is 248 g/mol. The number of ether oxygens (including phenoxy) is 1. The van der Waals surface area contributed by atoms with Crippen LogP contribution in [0, 0.1) is 6.92 Å². The predicted octanol–water partition coefficient (Wildman–Crippen LogP) is 0.737. The molecule has 1 fully saturated rings. The summed E-state index contributed by atoms with van der Waals surface area (Å²) in [4.78, 5) is 10.9. The number of carboxylic acids is 1. The topological polar surface area (TPSA) is 89.6 Å². The molecule has 7 heteroatoms. The molecular weight excluding hydrogens is 236 g/mol. The van der Waals surface area contributed by atoms with Crippen LogP contribution in [-0.2, 0) is 9.53 Å². The van der Waals surface area contributed by atoms with Crippen LogP contribution in [0.15, 0.2) is 12.1 Å². The Morgan fingerprint density at radius 2 is 2.28 bits per heavy atom. The molecule has 2 atom stereocenters. The first-order valence-corrected chi connectivity index (χ1v) is 5.72. The van der Waals surface area contributed by atoms with Crippen molar-refractivity contribution in [3.63, 3.8) is 0 Å². The van der Waals surface area contributed by atoms with E-state index >= 15 is 0 Å². The average Bonchev–Trinajstić information content (AvgIpc) is 2.93. The van der Waals surface area contributed by atoms with Crippen LogP contribution in [0.1, 0.15) is 30.5 Å². The number of hydrogen-bond acceptors (Lipinski definition) is 5. The molecule has 0 radical (unpaired) electrons. The second-order valence-electron chi connectivity index (χ2n) is 4.33. The zero-order valence-corrected chi connectivity index (χ0v) is 9.78. The Labute approximate surface area is 102 Å². The van der Waals surface area contributed by atoms with Gasteiger partial charge in [0.15, 0.2) is 17.6 Å². The molecule has 0 saturated carbocycles. The van der Waals surface area contributed by atoms with Crippen LogP contribution in [0.3, 0.4) is 0 Å². The minimum atomic E-state index is -0.935. The van der Waals surface area contributed by atoms with Crippen molar-refractivity contribution in [2.24, 2.45) is 0 Å². The van der Waals surface area contributed by atoms with E-state index in [1.165, 1.54) is 0 Å². The number of rotatable bonds is 2. The smallest absolute Gasteiger partial charge is 0.332 e. The van der Waals surface area contributed by atoms with Gasteiger partial charge in [-0.25, -0.2) is 4.79 Å². The van der Waals surface area contributed by atoms with E-state index in [0.29, 0.717) is 24.3 Å². The second kappa shape index (κ2) is 4.02. The minimum Gasteiger partial charge on any atom is -0.479 e. The Morgan fingerprint density at radius 3 is 3.00 bits per heavy atom. The fraction of sp³-hybridized carbons (Fsp3) is 0.455. The fourth-order valence-corrected chi connectivity index (χ4v) is 2.11. The van der Waals surface area contributed by atoms with Gasteiger partial charge in [-0.15, -0.1) is 10.2 Å². The van der Waals surface area contributed by atoms with Crippen molar-refractivity contribution in [1.82, 2.24) is 19.8 Å². The number of carbonyl (C=O) groups is 1. The molecule has 2 aromatic rings. The fourth-order valence-electron chi connectivity index (χ4n) is 2.11. The minimum absolute atomic E-state index is 0.351. The molecule has 18 heavy (non-hydrogen) atoms. The predicted molar refractivity (Wildman–Crippen MR) is 60.0 cm³/mol. The van der Waals surface area contributed by atoms with Gasteiger partial charge in [0.2, 0.25) is 0 Å². The Morgan fingerprint density at radius 1 is 1.44 bits per heavy atom. The van der Waals surface area contributed by atoms with Gasteiger partial charge in [0, 0.05) is 0 Å². The molecule has 7 nitrogen and oxygen atoms in total. The van der Waals surface area contributed by atoms with Gasteiger partial charge in [-0.1, -0.05) is 0 Å². The summed E-state index contributed by atoms with van der Waals surface area (Å²) in [5.74, 6) is -0.368. The Balaban J connectivity index is 1.95. The zero-order chi connectivity index (χ0) is 12.7. The molecule has 0 spiro atoms. The number of aliphatic carboxylic acids is 1. The third-order valence-electron chi connectivity index (χ3n) is 3.00. The quantitative estimate of drug-likeness (QED) is 0.843. The van der Waals surface area contributed by atoms with E-state index in [-0.39, 0.29) is 6.10 Å². The molecule has 3 heterocycles. The molecule has 0 aromatic carbocycles. The first-order chi connectivity index (χ1) is 8.65. The highest BCUT2D eigenvalue weighted by molar-refractivity contribution is 5.72. The Kier molecular flexibility index (Phi) is 2.48. The summed E-state index contributed by atoms with van der Waals surface area (Å²) >= 11 is 0. The molecule has 0 amide bonds. The molecule has 0 bridgehead atoms. The summed E-state index contributed by atoms with van der Waals surface area (Å²) in [6.07, 6.45) is -0.00347. The summed E-state index contributed by atoms with van der Waals surface area (Å²) in [6.45, 7) is 1.87. The lowest BCUT2D eigenvalue weighted by Crippen LogP contribution is -2.19. The highest BCUT2D eigenvalue weighted by Crippen LogP contribution is 2.31. The normalized spacial score (nSPS) is 23.6. The van der Waals surface area contributed by atoms with Crippen molar-refractivity contribution in [3.8, 4) is 0 Å². The van der Waals surface area contributed by atoms with Crippen LogP contribution in [0.2, 0.25) is 0 Å². The van der Waals surface area contributed by atoms with E-state index < -0.39 is 12.1 Å². The molecular formula is C11H12N4O3. The lowest BCUT2D eigenvalue weighted by molar-refractivity contribution is -0.149. The number of fused-ring (bicyclic) bond motifs is 1. The average molecular weight is 248 g/mol. The summed E-state index contributed by atoms with van der Waals surface area (Å²) in [5.41, 5.74) is 1.48. The molecule has 1 N–H and O–H groups in total. The van der Waals surface area contributed by atoms with E-state index in [9.17, 15) is 4.79 Å². The first-order valence-electron chi connectivity index (χ1n) is 5.72. The van der Waals surface area contributed by atoms with Crippen molar-refractivity contribution in [2.75, 3.05) is 0 Å². The van der Waals surface area contributed by atoms with Crippen LogP contribution in [0.4, 0.5) is 0 Å². The largest absolute Gasteiger partial charge is 0.479 e. The first kappa shape index (κ1) is 11.1. The van der Waals surface area contributed by atoms with Crippen molar-refractivity contribution in [1.29, 1.82) is 0 Å². The third-order valence-corrected chi connectivity index (χ3v) is 3.00. The van der Waals surface area contributed by atoms with E-state index in [0.717, 1.165) is 5.69 Å². The molecule has 2 aromatic heterocycles. The zero-order valence-electron chi connectivity index (χ0n) is 9.78. The number of carboxylic acid groups (broad SMARTS) is 1. The van der Waals surface area contributed by atoms with Gasteiger partial charge in [0.05, 0.1) is 5.69 Å². The number of nitrogens with zero attached hydrogens (tertiary/aromatic N) is 4. The van der Waals surface area contributed by atoms with Gasteiger partial charge < -0.3 is 9.84 Å². The van der Waals surface area contributed by atoms with E-state index in [1.807, 2.05) is 19.1 Å². The van der Waals surface area contributed by atoms with Crippen molar-refractivity contribution in [3.05, 3.63) is 23.7 Å². The van der Waals surface area contributed by atoms with Crippen LogP contribution >= 0.6 is 0 Å². The second-order valence-corrected chi connectivity index (χ2v) is 4.33. The summed E-state index contributed by atoms with van der Waals surface area (Å²) in [6, 6.07) is 3.67. The Bertz CT molecular complexity index is 609. The molecule has 1 aliphatic heterocycles. The molecule has 1 saturated heterocycles. The summed E-state index contributed by atoms with van der Waals surface area (Å²) < 4.78 is 7.07. The van der Waals surface area contributed by atoms with E-state index in [1.54, 1.807) is 4.52 Å². The van der Waals surface area contributed by atoms with Crippen molar-refractivity contribution >= 4 is 11.6 Å². The number of aryl methyl sites for hydroxylation is 1. The van der Waals surface area contributed by atoms with E-state index in [4.69, 9.17) is 9.84 Å². The molecule has 1 aliphatic rings. The van der Waals surface area contributed by atoms with Gasteiger partial charge in [0.1, 0.15) is 6.10 Å². The van der Waals surface area contributed by atoms with Gasteiger partial charge in [-0.2, -0.15) is 9.61 Å². The molecule has 94 valence electrons. The number of hydrogen-bond donors (Lipinski definition) is 1. The van der Waals surface area contributed by atoms with Gasteiger partial charge in [-0.05, 0) is 31.9 Å². The van der Waals surface area contributed by atoms with Gasteiger partial charge in [-0.3, -0.25) is 0 Å². The van der Waals surface area contributed by atoms with Gasteiger partial charge in [0.25, 0.3) is 0 Å². The van der Waals surface area contributed by atoms with Gasteiger partial charge >= 0.3 is 5.97 Å². The maximum absolute atomic E-state index is 10.9. The lowest BCUT2D eigenvalue weighted by Gasteiger charge is -2.08. The van der Waals surface area contributed by atoms with Crippen LogP contribution < -0.4 is 0 Å². The molecule has 2 unspecified atom stereocenters. The molecule has 3 rings (SSSR count).